The van der Waals surface area contributed by atoms with E-state index in [1.165, 1.54) is 18.2 Å². The van der Waals surface area contributed by atoms with E-state index in [0.29, 0.717) is 0 Å². The van der Waals surface area contributed by atoms with Gasteiger partial charge in [0.1, 0.15) is 5.82 Å². The smallest absolute Gasteiger partial charge is 0.238 e. The lowest BCUT2D eigenvalue weighted by Gasteiger charge is -2.52. The summed E-state index contributed by atoms with van der Waals surface area (Å²) in [6, 6.07) is 20.3. The van der Waals surface area contributed by atoms with Gasteiger partial charge in [0, 0.05) is 11.3 Å². The first-order valence-electron chi connectivity index (χ1n) is 9.96. The maximum Gasteiger partial charge on any atom is 0.238 e. The van der Waals surface area contributed by atoms with Gasteiger partial charge < -0.3 is 0 Å². The summed E-state index contributed by atoms with van der Waals surface area (Å²) in [4.78, 5) is 28.5. The Morgan fingerprint density at radius 1 is 0.900 bits per heavy atom. The second-order valence-corrected chi connectivity index (χ2v) is 8.88. The molecule has 148 valence electrons. The van der Waals surface area contributed by atoms with Crippen LogP contribution in [0.25, 0.3) is 0 Å². The van der Waals surface area contributed by atoms with Gasteiger partial charge in [-0.1, -0.05) is 67.1 Å². The number of hydrogen-bond donors (Lipinski definition) is 0. The minimum Gasteiger partial charge on any atom is -0.274 e. The molecular weight excluding hydrogens is 401 g/mol. The van der Waals surface area contributed by atoms with E-state index in [0.717, 1.165) is 27.2 Å². The molecule has 0 N–H and O–H groups in total. The van der Waals surface area contributed by atoms with Crippen molar-refractivity contribution in [1.82, 2.24) is 0 Å². The maximum absolute atomic E-state index is 14.1. The Kier molecular flexibility index (Phi) is 3.45. The molecule has 2 amide bonds. The van der Waals surface area contributed by atoms with Crippen molar-refractivity contribution >= 4 is 29.1 Å². The zero-order chi connectivity index (χ0) is 20.8. The van der Waals surface area contributed by atoms with Crippen LogP contribution in [-0.4, -0.2) is 11.8 Å². The van der Waals surface area contributed by atoms with Gasteiger partial charge in [0.05, 0.1) is 22.5 Å². The monoisotopic (exact) mass is 417 g/mol. The predicted octanol–water partition coefficient (Wildman–Crippen LogP) is 5.05. The topological polar surface area (TPSA) is 37.4 Å². The number of carbonyl (C=O) groups is 2. The number of halogens is 2. The van der Waals surface area contributed by atoms with Crippen molar-refractivity contribution in [3.63, 3.8) is 0 Å². The number of carbonyl (C=O) groups excluding carboxylic acids is 2. The van der Waals surface area contributed by atoms with Crippen molar-refractivity contribution in [2.75, 3.05) is 4.90 Å². The van der Waals surface area contributed by atoms with Crippen molar-refractivity contribution < 1.29 is 14.0 Å². The SMILES string of the molecule is CC12c3ccccc3C(c3ccccc31)C1C(=O)N(c3ccc(Cl)c(F)c3)C(=O)C12. The number of rotatable bonds is 1. The molecule has 3 nitrogen and oxygen atoms in total. The van der Waals surface area contributed by atoms with Crippen molar-refractivity contribution in [2.24, 2.45) is 11.8 Å². The average molecular weight is 418 g/mol. The van der Waals surface area contributed by atoms with Crippen LogP contribution in [0.5, 0.6) is 0 Å². The minimum atomic E-state index is -0.648. The van der Waals surface area contributed by atoms with Gasteiger partial charge in [-0.15, -0.1) is 0 Å². The minimum absolute atomic E-state index is 0.0397. The molecule has 3 aliphatic carbocycles. The van der Waals surface area contributed by atoms with Gasteiger partial charge in [0.25, 0.3) is 0 Å². The van der Waals surface area contributed by atoms with Crippen LogP contribution in [0.2, 0.25) is 5.02 Å². The molecule has 2 bridgehead atoms. The molecule has 1 fully saturated rings. The maximum atomic E-state index is 14.1. The molecule has 0 radical (unpaired) electrons. The molecule has 7 rings (SSSR count). The molecule has 3 aromatic rings. The molecule has 2 atom stereocenters. The molecule has 2 unspecified atom stereocenters. The second-order valence-electron chi connectivity index (χ2n) is 8.47. The molecule has 1 saturated heterocycles. The molecule has 0 aromatic heterocycles. The highest BCUT2D eigenvalue weighted by molar-refractivity contribution is 6.31. The first-order valence-corrected chi connectivity index (χ1v) is 10.3. The Labute approximate surface area is 178 Å². The Balaban J connectivity index is 1.60. The number of imide groups is 1. The zero-order valence-electron chi connectivity index (χ0n) is 16.1. The lowest BCUT2D eigenvalue weighted by atomic mass is 9.48. The van der Waals surface area contributed by atoms with Crippen LogP contribution in [0.1, 0.15) is 35.1 Å². The highest BCUT2D eigenvalue weighted by Crippen LogP contribution is 2.64. The van der Waals surface area contributed by atoms with Crippen molar-refractivity contribution in [3.8, 4) is 0 Å². The third-order valence-electron chi connectivity index (χ3n) is 7.20. The molecule has 1 heterocycles. The highest BCUT2D eigenvalue weighted by atomic mass is 35.5. The number of hydrogen-bond acceptors (Lipinski definition) is 2. The Morgan fingerprint density at radius 3 is 2.10 bits per heavy atom. The first kappa shape index (κ1) is 17.8. The van der Waals surface area contributed by atoms with E-state index in [-0.39, 0.29) is 28.4 Å². The van der Waals surface area contributed by atoms with Crippen molar-refractivity contribution in [3.05, 3.63) is 99.8 Å². The summed E-state index contributed by atoms with van der Waals surface area (Å²) < 4.78 is 14.1. The van der Waals surface area contributed by atoms with Gasteiger partial charge in [-0.05, 0) is 40.5 Å². The Bertz CT molecular complexity index is 1220. The van der Waals surface area contributed by atoms with Gasteiger partial charge in [-0.25, -0.2) is 9.29 Å². The fraction of sp³-hybridized carbons (Fsp3) is 0.200. The molecule has 0 spiro atoms. The number of amides is 2. The normalized spacial score (nSPS) is 28.4. The second kappa shape index (κ2) is 5.79. The van der Waals surface area contributed by atoms with Gasteiger partial charge in [0.2, 0.25) is 11.8 Å². The average Bonchev–Trinajstić information content (AvgIpc) is 3.02. The van der Waals surface area contributed by atoms with E-state index in [2.05, 4.69) is 31.2 Å². The van der Waals surface area contributed by atoms with Crippen LogP contribution in [0.3, 0.4) is 0 Å². The zero-order valence-corrected chi connectivity index (χ0v) is 16.9. The third kappa shape index (κ3) is 1.95. The predicted molar refractivity (Wildman–Crippen MR) is 112 cm³/mol. The quantitative estimate of drug-likeness (QED) is 0.519. The van der Waals surface area contributed by atoms with E-state index in [4.69, 9.17) is 11.6 Å². The van der Waals surface area contributed by atoms with Gasteiger partial charge in [-0.3, -0.25) is 9.59 Å². The molecule has 1 aliphatic heterocycles. The summed E-state index contributed by atoms with van der Waals surface area (Å²) >= 11 is 5.82. The van der Waals surface area contributed by atoms with Crippen LogP contribution >= 0.6 is 11.6 Å². The molecular formula is C25H17ClFNO2. The van der Waals surface area contributed by atoms with E-state index in [1.54, 1.807) is 0 Å². The number of benzene rings is 3. The lowest BCUT2D eigenvalue weighted by molar-refractivity contribution is -0.123. The lowest BCUT2D eigenvalue weighted by Crippen LogP contribution is -2.51. The molecule has 0 saturated carbocycles. The van der Waals surface area contributed by atoms with Crippen LogP contribution in [0.4, 0.5) is 10.1 Å². The standard InChI is InChI=1S/C25H17ClFNO2/c1-25-16-8-4-2-6-14(16)20(15-7-3-5-9-17(15)25)21-22(25)24(30)28(23(21)29)13-10-11-18(26)19(27)12-13/h2-12,20-22H,1H3. The summed E-state index contributed by atoms with van der Waals surface area (Å²) in [5.74, 6) is -2.42. The fourth-order valence-corrected chi connectivity index (χ4v) is 6.15. The van der Waals surface area contributed by atoms with Gasteiger partial charge >= 0.3 is 0 Å². The van der Waals surface area contributed by atoms with E-state index in [1.807, 2.05) is 24.3 Å². The van der Waals surface area contributed by atoms with Crippen molar-refractivity contribution in [2.45, 2.75) is 18.3 Å². The number of anilines is 1. The summed E-state index contributed by atoms with van der Waals surface area (Å²) in [6.45, 7) is 2.06. The summed E-state index contributed by atoms with van der Waals surface area (Å²) in [5, 5.41) is -0.0397. The summed E-state index contributed by atoms with van der Waals surface area (Å²) in [6.07, 6.45) is 0. The first-order chi connectivity index (χ1) is 14.4. The number of nitrogens with zero attached hydrogens (tertiary/aromatic N) is 1. The van der Waals surface area contributed by atoms with Crippen LogP contribution in [0.15, 0.2) is 66.7 Å². The van der Waals surface area contributed by atoms with Gasteiger partial charge in [0.15, 0.2) is 0 Å². The van der Waals surface area contributed by atoms with E-state index < -0.39 is 23.1 Å². The third-order valence-corrected chi connectivity index (χ3v) is 7.51. The molecule has 4 aliphatic rings. The van der Waals surface area contributed by atoms with Crippen LogP contribution in [-0.2, 0) is 15.0 Å². The molecule has 5 heteroatoms. The van der Waals surface area contributed by atoms with E-state index >= 15 is 0 Å². The van der Waals surface area contributed by atoms with E-state index in [9.17, 15) is 14.0 Å². The van der Waals surface area contributed by atoms with Gasteiger partial charge in [-0.2, -0.15) is 0 Å². The van der Waals surface area contributed by atoms with Crippen molar-refractivity contribution in [1.29, 1.82) is 0 Å². The summed E-state index contributed by atoms with van der Waals surface area (Å²) in [7, 11) is 0. The Morgan fingerprint density at radius 2 is 1.50 bits per heavy atom. The van der Waals surface area contributed by atoms with Crippen LogP contribution in [0, 0.1) is 17.7 Å². The largest absolute Gasteiger partial charge is 0.274 e. The Hall–Kier alpha value is -2.98. The molecule has 30 heavy (non-hydrogen) atoms. The van der Waals surface area contributed by atoms with Crippen LogP contribution < -0.4 is 4.90 Å². The highest BCUT2D eigenvalue weighted by Gasteiger charge is 2.66. The summed E-state index contributed by atoms with van der Waals surface area (Å²) in [5.41, 5.74) is 4.01. The molecule has 3 aromatic carbocycles. The fourth-order valence-electron chi connectivity index (χ4n) is 6.03.